The minimum Gasteiger partial charge on any atom is -0.505 e. The molecule has 5 heteroatoms. The second kappa shape index (κ2) is 11.3. The summed E-state index contributed by atoms with van der Waals surface area (Å²) in [7, 11) is 2.13. The van der Waals surface area contributed by atoms with E-state index in [0.717, 1.165) is 30.3 Å². The third-order valence-electron chi connectivity index (χ3n) is 4.79. The van der Waals surface area contributed by atoms with Gasteiger partial charge in [0.1, 0.15) is 5.76 Å². The van der Waals surface area contributed by atoms with Gasteiger partial charge in [-0.2, -0.15) is 0 Å². The molecule has 148 valence electrons. The molecule has 27 heavy (non-hydrogen) atoms. The van der Waals surface area contributed by atoms with Crippen LogP contribution in [0.2, 0.25) is 0 Å². The monoisotopic (exact) mass is 370 g/mol. The highest BCUT2D eigenvalue weighted by Gasteiger charge is 2.14. The van der Waals surface area contributed by atoms with Gasteiger partial charge in [0.05, 0.1) is 6.21 Å². The third-order valence-corrected chi connectivity index (χ3v) is 4.79. The van der Waals surface area contributed by atoms with E-state index in [-0.39, 0.29) is 11.8 Å². The van der Waals surface area contributed by atoms with E-state index in [2.05, 4.69) is 55.3 Å². The highest BCUT2D eigenvalue weighted by atomic mass is 16.3. The number of hydrogen-bond acceptors (Lipinski definition) is 5. The smallest absolute Gasteiger partial charge is 0.154 e. The Morgan fingerprint density at radius 1 is 1.48 bits per heavy atom. The molecule has 5 nitrogen and oxygen atoms in total. The summed E-state index contributed by atoms with van der Waals surface area (Å²) in [6.45, 7) is 13.4. The number of aryl methyl sites for hydroxylation is 1. The van der Waals surface area contributed by atoms with E-state index in [0.29, 0.717) is 5.82 Å². The molecule has 0 amide bonds. The summed E-state index contributed by atoms with van der Waals surface area (Å²) in [5.74, 6) is 0.489. The molecule has 0 aliphatic carbocycles. The highest BCUT2D eigenvalue weighted by Crippen LogP contribution is 2.25. The predicted octanol–water partition coefficient (Wildman–Crippen LogP) is 5.14. The maximum Gasteiger partial charge on any atom is 0.154 e. The zero-order valence-electron chi connectivity index (χ0n) is 17.4. The average molecular weight is 371 g/mol. The zero-order chi connectivity index (χ0) is 20.4. The van der Waals surface area contributed by atoms with Gasteiger partial charge < -0.3 is 10.8 Å². The van der Waals surface area contributed by atoms with Crippen molar-refractivity contribution in [3.8, 4) is 0 Å². The fourth-order valence-electron chi connectivity index (χ4n) is 2.85. The SMILES string of the molecule is C=C/C(CCCC)=C(/C)CN(C)C(C)c1cnc(N=CC(O)=CN)c(C)c1. The molecular weight excluding hydrogens is 336 g/mol. The summed E-state index contributed by atoms with van der Waals surface area (Å²) in [4.78, 5) is 10.9. The Balaban J connectivity index is 2.90. The van der Waals surface area contributed by atoms with E-state index >= 15 is 0 Å². The maximum absolute atomic E-state index is 9.37. The summed E-state index contributed by atoms with van der Waals surface area (Å²) in [5.41, 5.74) is 10.0. The van der Waals surface area contributed by atoms with Gasteiger partial charge in [0, 0.05) is 25.0 Å². The van der Waals surface area contributed by atoms with Crippen LogP contribution in [0.25, 0.3) is 0 Å². The number of rotatable bonds is 10. The molecule has 1 unspecified atom stereocenters. The lowest BCUT2D eigenvalue weighted by atomic mass is 10.0. The minimum atomic E-state index is -0.0864. The molecule has 1 atom stereocenters. The standard InChI is InChI=1S/C22H34N4O/c1-7-9-10-19(8-2)17(4)15-26(6)18(5)20-11-16(3)22(24-13-20)25-14-21(27)12-23/h8,11-14,18,27H,2,7,9-10,15,23H2,1,3-6H3/b19-17+,21-12?,25-14?. The molecular formula is C22H34N4O. The molecule has 0 aromatic carbocycles. The van der Waals surface area contributed by atoms with Crippen LogP contribution in [0.3, 0.4) is 0 Å². The summed E-state index contributed by atoms with van der Waals surface area (Å²) in [6, 6.07) is 2.31. The van der Waals surface area contributed by atoms with E-state index < -0.39 is 0 Å². The van der Waals surface area contributed by atoms with Crippen LogP contribution < -0.4 is 5.73 Å². The largest absolute Gasteiger partial charge is 0.505 e. The summed E-state index contributed by atoms with van der Waals surface area (Å²) < 4.78 is 0. The van der Waals surface area contributed by atoms with Gasteiger partial charge in [-0.1, -0.05) is 31.6 Å². The van der Waals surface area contributed by atoms with Crippen LogP contribution in [-0.2, 0) is 0 Å². The Bertz CT molecular complexity index is 719. The number of aliphatic hydroxyl groups is 1. The van der Waals surface area contributed by atoms with Gasteiger partial charge in [0.15, 0.2) is 5.82 Å². The van der Waals surface area contributed by atoms with Crippen molar-refractivity contribution in [3.05, 3.63) is 59.2 Å². The van der Waals surface area contributed by atoms with Crippen LogP contribution in [0.5, 0.6) is 0 Å². The zero-order valence-corrected chi connectivity index (χ0v) is 17.4. The fourth-order valence-corrected chi connectivity index (χ4v) is 2.85. The lowest BCUT2D eigenvalue weighted by molar-refractivity contribution is 0.282. The van der Waals surface area contributed by atoms with Crippen LogP contribution in [0.4, 0.5) is 5.82 Å². The molecule has 1 rings (SSSR count). The second-order valence-electron chi connectivity index (χ2n) is 6.96. The number of unbranched alkanes of at least 4 members (excludes halogenated alkanes) is 1. The van der Waals surface area contributed by atoms with Crippen LogP contribution in [0.15, 0.2) is 53.0 Å². The van der Waals surface area contributed by atoms with E-state index in [1.54, 1.807) is 0 Å². The normalized spacial score (nSPS) is 14.5. The van der Waals surface area contributed by atoms with E-state index in [9.17, 15) is 5.11 Å². The van der Waals surface area contributed by atoms with E-state index in [1.807, 2.05) is 19.2 Å². The Morgan fingerprint density at radius 3 is 2.74 bits per heavy atom. The van der Waals surface area contributed by atoms with Gasteiger partial charge in [0.25, 0.3) is 0 Å². The lowest BCUT2D eigenvalue weighted by Crippen LogP contribution is -2.25. The van der Waals surface area contributed by atoms with Crippen LogP contribution >= 0.6 is 0 Å². The molecule has 1 aromatic heterocycles. The first-order valence-corrected chi connectivity index (χ1v) is 9.46. The van der Waals surface area contributed by atoms with Gasteiger partial charge in [-0.05, 0) is 63.4 Å². The minimum absolute atomic E-state index is 0.0864. The third kappa shape index (κ3) is 7.02. The molecule has 0 aliphatic rings. The number of aliphatic imine (C=N–C) groups is 1. The molecule has 1 aromatic rings. The van der Waals surface area contributed by atoms with Crippen molar-refractivity contribution in [2.24, 2.45) is 10.7 Å². The average Bonchev–Trinajstić information content (AvgIpc) is 2.66. The van der Waals surface area contributed by atoms with Crippen molar-refractivity contribution in [1.82, 2.24) is 9.88 Å². The number of nitrogens with zero attached hydrogens (tertiary/aromatic N) is 3. The molecule has 0 fully saturated rings. The van der Waals surface area contributed by atoms with Crippen molar-refractivity contribution in [1.29, 1.82) is 0 Å². The first-order chi connectivity index (χ1) is 12.8. The Kier molecular flexibility index (Phi) is 9.51. The number of pyridine rings is 1. The number of aliphatic hydroxyl groups excluding tert-OH is 1. The summed E-state index contributed by atoms with van der Waals surface area (Å²) in [5, 5.41) is 9.37. The first kappa shape index (κ1) is 22.6. The van der Waals surface area contributed by atoms with E-state index in [1.165, 1.54) is 30.2 Å². The molecule has 0 spiro atoms. The molecule has 0 saturated heterocycles. The van der Waals surface area contributed by atoms with Gasteiger partial charge in [-0.25, -0.2) is 9.98 Å². The second-order valence-corrected chi connectivity index (χ2v) is 6.96. The van der Waals surface area contributed by atoms with E-state index in [4.69, 9.17) is 5.73 Å². The van der Waals surface area contributed by atoms with Crippen LogP contribution in [0.1, 0.15) is 57.2 Å². The predicted molar refractivity (Wildman–Crippen MR) is 115 cm³/mol. The van der Waals surface area contributed by atoms with Crippen molar-refractivity contribution >= 4 is 12.0 Å². The molecule has 1 heterocycles. The number of nitrogens with two attached hydrogens (primary N) is 1. The van der Waals surface area contributed by atoms with Gasteiger partial charge in [0.2, 0.25) is 0 Å². The number of allylic oxidation sites excluding steroid dienone is 3. The van der Waals surface area contributed by atoms with Crippen molar-refractivity contribution in [3.63, 3.8) is 0 Å². The van der Waals surface area contributed by atoms with Crippen molar-refractivity contribution in [2.45, 2.75) is 53.0 Å². The Hall–Kier alpha value is -2.40. The molecule has 0 radical (unpaired) electrons. The van der Waals surface area contributed by atoms with Crippen LogP contribution in [-0.4, -0.2) is 34.8 Å². The van der Waals surface area contributed by atoms with Crippen molar-refractivity contribution < 1.29 is 5.11 Å². The molecule has 0 aliphatic heterocycles. The van der Waals surface area contributed by atoms with Gasteiger partial charge in [-0.3, -0.25) is 4.90 Å². The first-order valence-electron chi connectivity index (χ1n) is 9.46. The van der Waals surface area contributed by atoms with Gasteiger partial charge in [-0.15, -0.1) is 0 Å². The topological polar surface area (TPSA) is 74.7 Å². The molecule has 0 bridgehead atoms. The maximum atomic E-state index is 9.37. The number of hydrogen-bond donors (Lipinski definition) is 2. The lowest BCUT2D eigenvalue weighted by Gasteiger charge is -2.26. The summed E-state index contributed by atoms with van der Waals surface area (Å²) >= 11 is 0. The fraction of sp³-hybridized carbons (Fsp3) is 0.455. The Labute approximate surface area is 164 Å². The highest BCUT2D eigenvalue weighted by molar-refractivity contribution is 5.77. The number of aromatic nitrogens is 1. The van der Waals surface area contributed by atoms with Crippen molar-refractivity contribution in [2.75, 3.05) is 13.6 Å². The number of likely N-dealkylation sites (N-methyl/N-ethyl adjacent to an activating group) is 1. The summed E-state index contributed by atoms with van der Waals surface area (Å²) in [6.07, 6.45) is 9.70. The van der Waals surface area contributed by atoms with Crippen LogP contribution in [0, 0.1) is 6.92 Å². The van der Waals surface area contributed by atoms with Gasteiger partial charge >= 0.3 is 0 Å². The molecule has 3 N–H and O–H groups in total. The quantitative estimate of drug-likeness (QED) is 0.340. The molecule has 0 saturated carbocycles. The Morgan fingerprint density at radius 2 is 2.19 bits per heavy atom.